The summed E-state index contributed by atoms with van der Waals surface area (Å²) in [6, 6.07) is 8.06. The van der Waals surface area contributed by atoms with Crippen LogP contribution in [-0.4, -0.2) is 36.1 Å². The summed E-state index contributed by atoms with van der Waals surface area (Å²) in [6.07, 6.45) is 3.11. The van der Waals surface area contributed by atoms with E-state index in [1.807, 2.05) is 49.5 Å². The average molecular weight is 411 g/mol. The maximum Gasteiger partial charge on any atom is 0.257 e. The lowest BCUT2D eigenvalue weighted by Crippen LogP contribution is -2.37. The highest BCUT2D eigenvalue weighted by atomic mass is 32.2. The maximum absolute atomic E-state index is 13.2. The highest BCUT2D eigenvalue weighted by molar-refractivity contribution is 7.98. The van der Waals surface area contributed by atoms with E-state index in [2.05, 4.69) is 29.1 Å². The molecular weight excluding hydrogens is 384 g/mol. The predicted molar refractivity (Wildman–Crippen MR) is 118 cm³/mol. The van der Waals surface area contributed by atoms with Crippen LogP contribution in [0.1, 0.15) is 43.7 Å². The minimum absolute atomic E-state index is 0.101. The zero-order chi connectivity index (χ0) is 20.9. The summed E-state index contributed by atoms with van der Waals surface area (Å²) in [5.74, 6) is 0.252. The van der Waals surface area contributed by atoms with Gasteiger partial charge in [-0.1, -0.05) is 37.7 Å². The summed E-state index contributed by atoms with van der Waals surface area (Å²) in [5, 5.41) is 3.90. The Labute approximate surface area is 174 Å². The molecule has 1 aliphatic heterocycles. The van der Waals surface area contributed by atoms with Crippen molar-refractivity contribution in [2.45, 2.75) is 37.8 Å². The monoisotopic (exact) mass is 410 g/mol. The summed E-state index contributed by atoms with van der Waals surface area (Å²) in [4.78, 5) is 35.7. The summed E-state index contributed by atoms with van der Waals surface area (Å²) in [6.45, 7) is 4.20. The number of carbonyl (C=O) groups excluding carboxylic acids is 1. The van der Waals surface area contributed by atoms with E-state index >= 15 is 0 Å². The fraction of sp³-hybridized carbons (Fsp3) is 0.409. The molecule has 2 aliphatic rings. The van der Waals surface area contributed by atoms with Gasteiger partial charge in [0.1, 0.15) is 5.82 Å². The van der Waals surface area contributed by atoms with Gasteiger partial charge in [0.2, 0.25) is 0 Å². The van der Waals surface area contributed by atoms with Gasteiger partial charge >= 0.3 is 0 Å². The quantitative estimate of drug-likeness (QED) is 0.593. The molecule has 0 spiro atoms. The van der Waals surface area contributed by atoms with Crippen molar-refractivity contribution in [3.63, 3.8) is 0 Å². The van der Waals surface area contributed by atoms with Crippen LogP contribution in [0.15, 0.2) is 45.5 Å². The van der Waals surface area contributed by atoms with Crippen LogP contribution in [0.25, 0.3) is 0 Å². The van der Waals surface area contributed by atoms with Gasteiger partial charge in [-0.15, -0.1) is 0 Å². The zero-order valence-corrected chi connectivity index (χ0v) is 18.2. The first-order valence-electron chi connectivity index (χ1n) is 9.69. The van der Waals surface area contributed by atoms with Gasteiger partial charge in [0, 0.05) is 43.4 Å². The number of nitrogens with one attached hydrogen (secondary N) is 2. The number of hydrogen-bond donors (Lipinski definition) is 2. The van der Waals surface area contributed by atoms with Crippen LogP contribution in [0.5, 0.6) is 0 Å². The van der Waals surface area contributed by atoms with E-state index in [9.17, 15) is 9.59 Å². The first kappa shape index (κ1) is 19.8. The number of benzene rings is 1. The summed E-state index contributed by atoms with van der Waals surface area (Å²) in [5.41, 5.74) is 3.80. The Morgan fingerprint density at radius 1 is 1.14 bits per heavy atom. The van der Waals surface area contributed by atoms with E-state index in [1.54, 1.807) is 0 Å². The Balaban J connectivity index is 1.94. The second kappa shape index (κ2) is 7.06. The van der Waals surface area contributed by atoms with E-state index in [0.717, 1.165) is 23.4 Å². The molecule has 6 nitrogen and oxygen atoms in total. The molecule has 1 aromatic heterocycles. The number of aromatic nitrogens is 2. The summed E-state index contributed by atoms with van der Waals surface area (Å²) >= 11 is 1.39. The first-order valence-corrected chi connectivity index (χ1v) is 10.9. The number of hydrogen-bond acceptors (Lipinski definition) is 6. The molecule has 1 aliphatic carbocycles. The largest absolute Gasteiger partial charge is 0.378 e. The van der Waals surface area contributed by atoms with Crippen molar-refractivity contribution in [2.75, 3.05) is 30.6 Å². The fourth-order valence-corrected chi connectivity index (χ4v) is 4.67. The number of carbonyl (C=O) groups is 1. The lowest BCUT2D eigenvalue weighted by atomic mass is 9.69. The molecule has 0 bridgehead atoms. The number of H-pyrrole nitrogens is 1. The van der Waals surface area contributed by atoms with Gasteiger partial charge in [-0.25, -0.2) is 4.98 Å². The van der Waals surface area contributed by atoms with Crippen LogP contribution in [-0.2, 0) is 4.79 Å². The van der Waals surface area contributed by atoms with E-state index in [-0.39, 0.29) is 16.8 Å². The van der Waals surface area contributed by atoms with E-state index in [1.165, 1.54) is 11.8 Å². The Bertz CT molecular complexity index is 1070. The molecular formula is C22H26N4O2S. The SMILES string of the molecule is CSc1nc2c(c(=O)[nH]1)C(c1ccc(N(C)C)cc1)C1=C(CC(C)(C)CC1=O)N2. The number of ketones is 1. The molecule has 2 N–H and O–H groups in total. The fourth-order valence-electron chi connectivity index (χ4n) is 4.29. The van der Waals surface area contributed by atoms with E-state index in [0.29, 0.717) is 28.5 Å². The molecule has 2 heterocycles. The summed E-state index contributed by atoms with van der Waals surface area (Å²) < 4.78 is 0. The molecule has 0 radical (unpaired) electrons. The number of aromatic amines is 1. The van der Waals surface area contributed by atoms with Gasteiger partial charge in [-0.2, -0.15) is 0 Å². The number of fused-ring (bicyclic) bond motifs is 1. The molecule has 1 unspecified atom stereocenters. The van der Waals surface area contributed by atoms with E-state index in [4.69, 9.17) is 0 Å². The van der Waals surface area contributed by atoms with Crippen molar-refractivity contribution < 1.29 is 4.79 Å². The van der Waals surface area contributed by atoms with Crippen molar-refractivity contribution >= 4 is 29.1 Å². The third-order valence-corrected chi connectivity index (χ3v) is 6.22. The van der Waals surface area contributed by atoms with Gasteiger partial charge in [0.25, 0.3) is 5.56 Å². The van der Waals surface area contributed by atoms with Crippen LogP contribution in [0.3, 0.4) is 0 Å². The maximum atomic E-state index is 13.2. The predicted octanol–water partition coefficient (Wildman–Crippen LogP) is 3.76. The molecule has 0 saturated carbocycles. The lowest BCUT2D eigenvalue weighted by molar-refractivity contribution is -0.118. The second-order valence-corrected chi connectivity index (χ2v) is 9.51. The molecule has 0 fully saturated rings. The van der Waals surface area contributed by atoms with Gasteiger partial charge in [-0.3, -0.25) is 9.59 Å². The summed E-state index contributed by atoms with van der Waals surface area (Å²) in [7, 11) is 3.97. The molecule has 0 saturated heterocycles. The Kier molecular flexibility index (Phi) is 4.81. The van der Waals surface area contributed by atoms with Crippen LogP contribution in [0.4, 0.5) is 11.5 Å². The third kappa shape index (κ3) is 3.48. The Hall–Kier alpha value is -2.54. The molecule has 2 aromatic rings. The van der Waals surface area contributed by atoms with Crippen LogP contribution < -0.4 is 15.8 Å². The molecule has 152 valence electrons. The number of Topliss-reactive ketones (excluding diaryl/α,β-unsaturated/α-hetero) is 1. The normalized spacial score (nSPS) is 20.0. The van der Waals surface area contributed by atoms with Crippen LogP contribution in [0.2, 0.25) is 0 Å². The molecule has 7 heteroatoms. The van der Waals surface area contributed by atoms with Gasteiger partial charge in [0.05, 0.1) is 5.56 Å². The van der Waals surface area contributed by atoms with Gasteiger partial charge < -0.3 is 15.2 Å². The topological polar surface area (TPSA) is 78.1 Å². The molecule has 1 atom stereocenters. The van der Waals surface area contributed by atoms with Gasteiger partial charge in [-0.05, 0) is 35.8 Å². The highest BCUT2D eigenvalue weighted by Crippen LogP contribution is 2.47. The Morgan fingerprint density at radius 2 is 1.83 bits per heavy atom. The number of rotatable bonds is 3. The minimum atomic E-state index is -0.409. The average Bonchev–Trinajstić information content (AvgIpc) is 2.65. The highest BCUT2D eigenvalue weighted by Gasteiger charge is 2.42. The van der Waals surface area contributed by atoms with Crippen molar-refractivity contribution in [3.8, 4) is 0 Å². The molecule has 0 amide bonds. The molecule has 4 rings (SSSR count). The van der Waals surface area contributed by atoms with Crippen molar-refractivity contribution in [1.29, 1.82) is 0 Å². The number of allylic oxidation sites excluding steroid dienone is 2. The zero-order valence-electron chi connectivity index (χ0n) is 17.4. The molecule has 29 heavy (non-hydrogen) atoms. The van der Waals surface area contributed by atoms with Crippen molar-refractivity contribution in [1.82, 2.24) is 9.97 Å². The standard InChI is InChI=1S/C22H26N4O2S/c1-22(2)10-14-17(15(27)11-22)16(12-6-8-13(9-7-12)26(3)4)18-19(23-14)24-21(29-5)25-20(18)28/h6-9,16H,10-11H2,1-5H3,(H2,23,24,25,28). The number of thioether (sulfide) groups is 1. The third-order valence-electron chi connectivity index (χ3n) is 5.64. The molecule has 1 aromatic carbocycles. The van der Waals surface area contributed by atoms with Crippen LogP contribution in [0, 0.1) is 5.41 Å². The van der Waals surface area contributed by atoms with Crippen molar-refractivity contribution in [3.05, 3.63) is 57.0 Å². The Morgan fingerprint density at radius 3 is 2.45 bits per heavy atom. The van der Waals surface area contributed by atoms with Gasteiger partial charge in [0.15, 0.2) is 10.9 Å². The van der Waals surface area contributed by atoms with E-state index < -0.39 is 5.92 Å². The lowest BCUT2D eigenvalue weighted by Gasteiger charge is -2.38. The number of anilines is 2. The first-order chi connectivity index (χ1) is 13.7. The van der Waals surface area contributed by atoms with Crippen molar-refractivity contribution in [2.24, 2.45) is 5.41 Å². The second-order valence-electron chi connectivity index (χ2n) is 8.71. The minimum Gasteiger partial charge on any atom is -0.378 e. The smallest absolute Gasteiger partial charge is 0.257 e. The van der Waals surface area contributed by atoms with Crippen LogP contribution >= 0.6 is 11.8 Å². The number of nitrogens with zero attached hydrogens (tertiary/aromatic N) is 2.